The van der Waals surface area contributed by atoms with Crippen LogP contribution in [0.25, 0.3) is 10.9 Å². The highest BCUT2D eigenvalue weighted by molar-refractivity contribution is 9.10. The van der Waals surface area contributed by atoms with Crippen molar-refractivity contribution in [3.8, 4) is 5.75 Å². The second kappa shape index (κ2) is 11.0. The van der Waals surface area contributed by atoms with Gasteiger partial charge in [0.05, 0.1) is 27.2 Å². The Morgan fingerprint density at radius 3 is 2.38 bits per heavy atom. The van der Waals surface area contributed by atoms with Crippen molar-refractivity contribution >= 4 is 72.2 Å². The van der Waals surface area contributed by atoms with Crippen LogP contribution in [0.1, 0.15) is 30.3 Å². The number of rotatable bonds is 7. The lowest BCUT2D eigenvalue weighted by atomic mass is 10.2. The molecule has 5 nitrogen and oxygen atoms in total. The van der Waals surface area contributed by atoms with Gasteiger partial charge in [-0.25, -0.2) is 4.98 Å². The first kappa shape index (κ1) is 24.9. The maximum atomic E-state index is 13.1. The molecule has 0 saturated heterocycles. The molecule has 0 aliphatic carbocycles. The summed E-state index contributed by atoms with van der Waals surface area (Å²) in [7, 11) is 0. The van der Waals surface area contributed by atoms with Gasteiger partial charge < -0.3 is 4.74 Å². The molecule has 4 aromatic rings. The molecule has 0 aliphatic rings. The Morgan fingerprint density at radius 1 is 1.03 bits per heavy atom. The van der Waals surface area contributed by atoms with Crippen molar-refractivity contribution in [1.29, 1.82) is 0 Å². The number of aromatic nitrogens is 2. The third-order valence-electron chi connectivity index (χ3n) is 4.99. The van der Waals surface area contributed by atoms with Gasteiger partial charge >= 0.3 is 0 Å². The quantitative estimate of drug-likeness (QED) is 0.199. The van der Waals surface area contributed by atoms with Crippen molar-refractivity contribution < 1.29 is 4.74 Å². The predicted octanol–water partition coefficient (Wildman–Crippen LogP) is 7.64. The van der Waals surface area contributed by atoms with Gasteiger partial charge in [-0.2, -0.15) is 9.78 Å². The molecule has 0 saturated carbocycles. The molecular formula is C25H19Br2Cl2N3O2. The van der Waals surface area contributed by atoms with E-state index in [1.54, 1.807) is 24.4 Å². The fourth-order valence-electron chi connectivity index (χ4n) is 3.35. The van der Waals surface area contributed by atoms with E-state index in [-0.39, 0.29) is 5.56 Å². The van der Waals surface area contributed by atoms with E-state index in [4.69, 9.17) is 27.9 Å². The van der Waals surface area contributed by atoms with Crippen LogP contribution in [0.3, 0.4) is 0 Å². The number of fused-ring (bicyclic) bond motifs is 1. The monoisotopic (exact) mass is 621 g/mol. The summed E-state index contributed by atoms with van der Waals surface area (Å²) in [5, 5.41) is 5.62. The number of hydrogen-bond donors (Lipinski definition) is 0. The molecule has 0 N–H and O–H groups in total. The Labute approximate surface area is 223 Å². The predicted molar refractivity (Wildman–Crippen MR) is 146 cm³/mol. The smallest absolute Gasteiger partial charge is 0.282 e. The van der Waals surface area contributed by atoms with Crippen molar-refractivity contribution in [2.75, 3.05) is 0 Å². The van der Waals surface area contributed by atoms with Crippen LogP contribution in [0, 0.1) is 0 Å². The van der Waals surface area contributed by atoms with Crippen LogP contribution in [0.4, 0.5) is 0 Å². The average molecular weight is 624 g/mol. The fraction of sp³-hybridized carbons (Fsp3) is 0.160. The lowest BCUT2D eigenvalue weighted by molar-refractivity contribution is 0.306. The minimum Gasteiger partial charge on any atom is -0.486 e. The highest BCUT2D eigenvalue weighted by Crippen LogP contribution is 2.34. The molecule has 174 valence electrons. The molecule has 4 rings (SSSR count). The summed E-state index contributed by atoms with van der Waals surface area (Å²) >= 11 is 19.7. The molecule has 0 amide bonds. The van der Waals surface area contributed by atoms with Crippen molar-refractivity contribution in [3.05, 3.63) is 101 Å². The Morgan fingerprint density at radius 2 is 1.71 bits per heavy atom. The van der Waals surface area contributed by atoms with Gasteiger partial charge in [0, 0.05) is 15.4 Å². The van der Waals surface area contributed by atoms with E-state index in [2.05, 4.69) is 41.9 Å². The number of ether oxygens (including phenoxy) is 1. The van der Waals surface area contributed by atoms with E-state index in [1.165, 1.54) is 4.68 Å². The van der Waals surface area contributed by atoms with Crippen molar-refractivity contribution in [3.63, 3.8) is 0 Å². The Balaban J connectivity index is 1.63. The van der Waals surface area contributed by atoms with E-state index in [0.717, 1.165) is 20.9 Å². The maximum Gasteiger partial charge on any atom is 0.282 e. The topological polar surface area (TPSA) is 56.5 Å². The first-order valence-electron chi connectivity index (χ1n) is 10.5. The van der Waals surface area contributed by atoms with Crippen molar-refractivity contribution in [2.45, 2.75) is 26.4 Å². The summed E-state index contributed by atoms with van der Waals surface area (Å²) in [5.74, 6) is 0.981. The van der Waals surface area contributed by atoms with E-state index < -0.39 is 0 Å². The summed E-state index contributed by atoms with van der Waals surface area (Å²) in [6.07, 6.45) is 2.98. The standard InChI is InChI=1S/C25H19Br2Cl2N3O2/c1-2-3-23-31-22-9-8-18(27)12-19(22)25(33)32(23)30-13-16-10-20(28)24(21(29)11-16)34-14-15-4-6-17(26)7-5-15/h4-13H,2-3,14H2,1H3. The van der Waals surface area contributed by atoms with Crippen LogP contribution in [0.5, 0.6) is 5.75 Å². The Bertz CT molecular complexity index is 1410. The fourth-order valence-corrected chi connectivity index (χ4v) is 4.59. The van der Waals surface area contributed by atoms with Gasteiger partial charge in [-0.05, 0) is 60.0 Å². The summed E-state index contributed by atoms with van der Waals surface area (Å²) in [4.78, 5) is 17.8. The first-order valence-corrected chi connectivity index (χ1v) is 12.8. The third-order valence-corrected chi connectivity index (χ3v) is 6.57. The normalized spacial score (nSPS) is 11.4. The molecule has 9 heteroatoms. The van der Waals surface area contributed by atoms with E-state index in [9.17, 15) is 4.79 Å². The van der Waals surface area contributed by atoms with Gasteiger partial charge in [-0.15, -0.1) is 0 Å². The SMILES string of the molecule is CCCc1nc2ccc(Br)cc2c(=O)n1N=Cc1cc(Cl)c(OCc2ccc(Br)cc2)c(Cl)c1. The minimum absolute atomic E-state index is 0.238. The number of nitrogens with zero attached hydrogens (tertiary/aromatic N) is 3. The summed E-state index contributed by atoms with van der Waals surface area (Å²) < 4.78 is 8.97. The summed E-state index contributed by atoms with van der Waals surface area (Å²) in [6, 6.07) is 16.6. The highest BCUT2D eigenvalue weighted by atomic mass is 79.9. The zero-order valence-corrected chi connectivity index (χ0v) is 22.7. The zero-order valence-electron chi connectivity index (χ0n) is 18.1. The van der Waals surface area contributed by atoms with Crippen LogP contribution in [-0.2, 0) is 13.0 Å². The van der Waals surface area contributed by atoms with Crippen molar-refractivity contribution in [2.24, 2.45) is 5.10 Å². The van der Waals surface area contributed by atoms with E-state index >= 15 is 0 Å². The van der Waals surface area contributed by atoms with Crippen LogP contribution in [0.2, 0.25) is 10.0 Å². The molecule has 0 fully saturated rings. The van der Waals surface area contributed by atoms with Gasteiger partial charge in [0.2, 0.25) is 0 Å². The minimum atomic E-state index is -0.238. The molecule has 0 radical (unpaired) electrons. The number of aryl methyl sites for hydroxylation is 1. The Kier molecular flexibility index (Phi) is 8.09. The highest BCUT2D eigenvalue weighted by Gasteiger charge is 2.12. The van der Waals surface area contributed by atoms with Crippen molar-refractivity contribution in [1.82, 2.24) is 9.66 Å². The van der Waals surface area contributed by atoms with Gasteiger partial charge in [-0.3, -0.25) is 4.79 Å². The number of benzene rings is 3. The number of halogens is 4. The molecule has 0 atom stereocenters. The second-order valence-corrected chi connectivity index (χ2v) is 10.2. The third kappa shape index (κ3) is 5.71. The molecule has 34 heavy (non-hydrogen) atoms. The van der Waals surface area contributed by atoms with Gasteiger partial charge in [0.25, 0.3) is 5.56 Å². The summed E-state index contributed by atoms with van der Waals surface area (Å²) in [5.41, 5.74) is 2.02. The van der Waals surface area contributed by atoms with E-state index in [1.807, 2.05) is 43.3 Å². The molecule has 1 aromatic heterocycles. The zero-order chi connectivity index (χ0) is 24.2. The molecule has 0 bridgehead atoms. The molecule has 1 heterocycles. The molecule has 3 aromatic carbocycles. The first-order chi connectivity index (χ1) is 16.4. The Hall–Kier alpha value is -2.19. The average Bonchev–Trinajstić information content (AvgIpc) is 2.80. The van der Waals surface area contributed by atoms with E-state index in [0.29, 0.717) is 51.1 Å². The molecular weight excluding hydrogens is 605 g/mol. The molecule has 0 unspecified atom stereocenters. The van der Waals surface area contributed by atoms with Gasteiger partial charge in [0.1, 0.15) is 12.4 Å². The van der Waals surface area contributed by atoms with Gasteiger partial charge in [-0.1, -0.05) is 74.1 Å². The molecule has 0 aliphatic heterocycles. The van der Waals surface area contributed by atoms with Crippen LogP contribution >= 0.6 is 55.1 Å². The van der Waals surface area contributed by atoms with Gasteiger partial charge in [0.15, 0.2) is 5.75 Å². The van der Waals surface area contributed by atoms with Crippen LogP contribution in [-0.4, -0.2) is 15.9 Å². The maximum absolute atomic E-state index is 13.1. The molecule has 0 spiro atoms. The summed E-state index contributed by atoms with van der Waals surface area (Å²) in [6.45, 7) is 2.35. The number of hydrogen-bond acceptors (Lipinski definition) is 4. The van der Waals surface area contributed by atoms with Crippen LogP contribution in [0.15, 0.2) is 73.4 Å². The van der Waals surface area contributed by atoms with Crippen LogP contribution < -0.4 is 10.3 Å². The second-order valence-electron chi connectivity index (χ2n) is 7.53. The largest absolute Gasteiger partial charge is 0.486 e. The lowest BCUT2D eigenvalue weighted by Crippen LogP contribution is -2.22. The lowest BCUT2D eigenvalue weighted by Gasteiger charge is -2.11.